The fourth-order valence-electron chi connectivity index (χ4n) is 3.45. The van der Waals surface area contributed by atoms with E-state index in [9.17, 15) is 24.2 Å². The number of halogens is 2. The van der Waals surface area contributed by atoms with Gasteiger partial charge in [0.15, 0.2) is 0 Å². The summed E-state index contributed by atoms with van der Waals surface area (Å²) in [4.78, 5) is 27.0. The van der Waals surface area contributed by atoms with Crippen molar-refractivity contribution < 1.29 is 24.2 Å². The molecule has 0 aliphatic carbocycles. The minimum Gasteiger partial charge on any atom is -0.393 e. The Bertz CT molecular complexity index is 1230. The normalized spacial score (nSPS) is 13.1. The molecular formula is C24H18ClFN2O4. The van der Waals surface area contributed by atoms with Gasteiger partial charge in [-0.15, -0.1) is 0 Å². The highest BCUT2D eigenvalue weighted by atomic mass is 35.5. The molecule has 32 heavy (non-hydrogen) atoms. The number of para-hydroxylation sites is 2. The van der Waals surface area contributed by atoms with Crippen LogP contribution in [-0.2, 0) is 0 Å². The van der Waals surface area contributed by atoms with Crippen molar-refractivity contribution in [3.05, 3.63) is 106 Å². The summed E-state index contributed by atoms with van der Waals surface area (Å²) < 4.78 is 13.8. The fourth-order valence-corrected chi connectivity index (χ4v) is 3.78. The maximum Gasteiger partial charge on any atom is 0.202 e. The molecular weight excluding hydrogens is 435 g/mol. The number of aliphatic hydroxyl groups excluding tert-OH is 2. The summed E-state index contributed by atoms with van der Waals surface area (Å²) in [5.41, 5.74) is 1.15. The van der Waals surface area contributed by atoms with Crippen LogP contribution in [-0.4, -0.2) is 28.4 Å². The molecule has 162 valence electrons. The van der Waals surface area contributed by atoms with Crippen LogP contribution < -0.4 is 10.6 Å². The maximum atomic E-state index is 13.8. The Morgan fingerprint density at radius 1 is 0.938 bits per heavy atom. The first-order chi connectivity index (χ1) is 15.4. The number of hydrogen-bond acceptors (Lipinski definition) is 6. The highest BCUT2D eigenvalue weighted by molar-refractivity contribution is 6.39. The Hall–Kier alpha value is -3.52. The van der Waals surface area contributed by atoms with Gasteiger partial charge in [0, 0.05) is 16.7 Å². The Labute approximate surface area is 188 Å². The highest BCUT2D eigenvalue weighted by Crippen LogP contribution is 2.34. The second-order valence-corrected chi connectivity index (χ2v) is 7.50. The standard InChI is InChI=1S/C24H18ClFN2O4/c25-21-15(19(30)12-29)7-4-8-16(21)23(32)20(22(31)13-5-3-6-14(26)11-13)24-27-17-9-1-2-10-18(17)28-24/h1-11,19,27-30H,12H2/t19-/m0/s1. The predicted molar refractivity (Wildman–Crippen MR) is 119 cm³/mol. The van der Waals surface area contributed by atoms with E-state index < -0.39 is 30.1 Å². The molecule has 0 saturated heterocycles. The Kier molecular flexibility index (Phi) is 6.05. The van der Waals surface area contributed by atoms with Gasteiger partial charge in [-0.2, -0.15) is 0 Å². The molecule has 6 nitrogen and oxygen atoms in total. The van der Waals surface area contributed by atoms with Crippen LogP contribution in [0.2, 0.25) is 5.02 Å². The Morgan fingerprint density at radius 3 is 2.22 bits per heavy atom. The number of Topliss-reactive ketones (excluding diaryl/α,β-unsaturated/α-hetero) is 2. The number of carbonyl (C=O) groups is 2. The second-order valence-electron chi connectivity index (χ2n) is 7.12. The highest BCUT2D eigenvalue weighted by Gasteiger charge is 2.31. The van der Waals surface area contributed by atoms with E-state index in [0.29, 0.717) is 11.4 Å². The summed E-state index contributed by atoms with van der Waals surface area (Å²) in [5, 5.41) is 25.2. The van der Waals surface area contributed by atoms with E-state index in [4.69, 9.17) is 11.6 Å². The lowest BCUT2D eigenvalue weighted by Gasteiger charge is -2.15. The molecule has 4 rings (SSSR count). The van der Waals surface area contributed by atoms with Crippen molar-refractivity contribution in [1.29, 1.82) is 0 Å². The third kappa shape index (κ3) is 4.01. The number of benzene rings is 3. The number of nitrogens with one attached hydrogen (secondary N) is 2. The predicted octanol–water partition coefficient (Wildman–Crippen LogP) is 4.32. The first-order valence-electron chi connectivity index (χ1n) is 9.70. The van der Waals surface area contributed by atoms with Gasteiger partial charge in [-0.25, -0.2) is 4.39 Å². The number of aliphatic hydroxyl groups is 2. The number of rotatable bonds is 6. The van der Waals surface area contributed by atoms with Crippen molar-refractivity contribution in [2.24, 2.45) is 0 Å². The molecule has 0 bridgehead atoms. The SMILES string of the molecule is O=C(C(C(=O)c1cccc([C@@H](O)CO)c1Cl)=C1Nc2ccccc2N1)c1cccc(F)c1. The van der Waals surface area contributed by atoms with Crippen LogP contribution in [0.4, 0.5) is 15.8 Å². The van der Waals surface area contributed by atoms with Crippen LogP contribution in [0.25, 0.3) is 0 Å². The van der Waals surface area contributed by atoms with Crippen molar-refractivity contribution in [3.8, 4) is 0 Å². The summed E-state index contributed by atoms with van der Waals surface area (Å²) in [6.45, 7) is -0.591. The third-order valence-corrected chi connectivity index (χ3v) is 5.46. The Morgan fingerprint density at radius 2 is 1.59 bits per heavy atom. The molecule has 0 unspecified atom stereocenters. The maximum absolute atomic E-state index is 13.8. The molecule has 3 aromatic carbocycles. The van der Waals surface area contributed by atoms with Gasteiger partial charge in [-0.3, -0.25) is 9.59 Å². The summed E-state index contributed by atoms with van der Waals surface area (Å²) in [6, 6.07) is 16.6. The molecule has 0 radical (unpaired) electrons. The average molecular weight is 453 g/mol. The summed E-state index contributed by atoms with van der Waals surface area (Å²) >= 11 is 6.37. The largest absolute Gasteiger partial charge is 0.393 e. The van der Waals surface area contributed by atoms with Crippen LogP contribution >= 0.6 is 11.6 Å². The molecule has 1 aliphatic rings. The molecule has 3 aromatic rings. The minimum atomic E-state index is -1.29. The van der Waals surface area contributed by atoms with Crippen molar-refractivity contribution in [2.75, 3.05) is 17.2 Å². The number of ketones is 2. The van der Waals surface area contributed by atoms with Crippen LogP contribution in [0.5, 0.6) is 0 Å². The monoisotopic (exact) mass is 452 g/mol. The summed E-state index contributed by atoms with van der Waals surface area (Å²) in [7, 11) is 0. The second kappa shape index (κ2) is 8.92. The molecule has 1 aliphatic heterocycles. The van der Waals surface area contributed by atoms with E-state index in [2.05, 4.69) is 10.6 Å². The van der Waals surface area contributed by atoms with Gasteiger partial charge < -0.3 is 20.8 Å². The lowest BCUT2D eigenvalue weighted by atomic mass is 9.93. The molecule has 0 amide bonds. The molecule has 0 spiro atoms. The molecule has 0 fully saturated rings. The van der Waals surface area contributed by atoms with Gasteiger partial charge in [-0.1, -0.05) is 48.0 Å². The summed E-state index contributed by atoms with van der Waals surface area (Å²) in [5.74, 6) is -1.91. The van der Waals surface area contributed by atoms with Crippen LogP contribution in [0.1, 0.15) is 32.4 Å². The van der Waals surface area contributed by atoms with Gasteiger partial charge in [0.2, 0.25) is 11.6 Å². The zero-order chi connectivity index (χ0) is 22.8. The van der Waals surface area contributed by atoms with Crippen LogP contribution in [0, 0.1) is 5.82 Å². The topological polar surface area (TPSA) is 98.7 Å². The Balaban J connectivity index is 1.85. The molecule has 1 atom stereocenters. The zero-order valence-electron chi connectivity index (χ0n) is 16.6. The summed E-state index contributed by atoms with van der Waals surface area (Å²) in [6.07, 6.45) is -1.29. The van der Waals surface area contributed by atoms with Crippen LogP contribution in [0.3, 0.4) is 0 Å². The number of carbonyl (C=O) groups excluding carboxylic acids is 2. The molecule has 0 saturated carbocycles. The average Bonchev–Trinajstić information content (AvgIpc) is 3.22. The van der Waals surface area contributed by atoms with Crippen molar-refractivity contribution >= 4 is 34.5 Å². The molecule has 4 N–H and O–H groups in total. The van der Waals surface area contributed by atoms with Gasteiger partial charge in [-0.05, 0) is 30.3 Å². The fraction of sp³-hybridized carbons (Fsp3) is 0.0833. The zero-order valence-corrected chi connectivity index (χ0v) is 17.4. The van der Waals surface area contributed by atoms with Gasteiger partial charge in [0.05, 0.1) is 23.0 Å². The van der Waals surface area contributed by atoms with E-state index in [1.54, 1.807) is 24.3 Å². The van der Waals surface area contributed by atoms with Crippen molar-refractivity contribution in [2.45, 2.75) is 6.10 Å². The molecule has 0 aromatic heterocycles. The van der Waals surface area contributed by atoms with Crippen molar-refractivity contribution in [1.82, 2.24) is 0 Å². The quantitative estimate of drug-likeness (QED) is 0.192. The van der Waals surface area contributed by atoms with Gasteiger partial charge >= 0.3 is 0 Å². The molecule has 1 heterocycles. The number of fused-ring (bicyclic) bond motifs is 1. The first-order valence-corrected chi connectivity index (χ1v) is 10.1. The number of anilines is 2. The molecule has 8 heteroatoms. The van der Waals surface area contributed by atoms with E-state index in [0.717, 1.165) is 6.07 Å². The first kappa shape index (κ1) is 21.7. The number of hydrogen-bond donors (Lipinski definition) is 4. The van der Waals surface area contributed by atoms with Gasteiger partial charge in [0.1, 0.15) is 23.3 Å². The lowest BCUT2D eigenvalue weighted by Crippen LogP contribution is -2.21. The van der Waals surface area contributed by atoms with Crippen LogP contribution in [0.15, 0.2) is 78.1 Å². The van der Waals surface area contributed by atoms with Gasteiger partial charge in [0.25, 0.3) is 0 Å². The van der Waals surface area contributed by atoms with E-state index in [1.807, 2.05) is 0 Å². The van der Waals surface area contributed by atoms with E-state index in [-0.39, 0.29) is 33.1 Å². The van der Waals surface area contributed by atoms with E-state index in [1.165, 1.54) is 36.4 Å². The minimum absolute atomic E-state index is 0.0110. The lowest BCUT2D eigenvalue weighted by molar-refractivity contribution is 0.0946. The number of allylic oxidation sites excluding steroid dienone is 1. The third-order valence-electron chi connectivity index (χ3n) is 5.04. The van der Waals surface area contributed by atoms with Crippen molar-refractivity contribution in [3.63, 3.8) is 0 Å². The van der Waals surface area contributed by atoms with E-state index >= 15 is 0 Å². The smallest absolute Gasteiger partial charge is 0.202 e.